The van der Waals surface area contributed by atoms with E-state index < -0.39 is 42.7 Å². The highest BCUT2D eigenvalue weighted by molar-refractivity contribution is 5.97. The Morgan fingerprint density at radius 1 is 1.18 bits per heavy atom. The van der Waals surface area contributed by atoms with Crippen LogP contribution in [0.5, 0.6) is 5.88 Å². The Hall–Kier alpha value is -4.75. The summed E-state index contributed by atoms with van der Waals surface area (Å²) < 4.78 is 58.7. The van der Waals surface area contributed by atoms with Crippen molar-refractivity contribution < 1.29 is 36.8 Å². The van der Waals surface area contributed by atoms with Crippen molar-refractivity contribution in [3.05, 3.63) is 35.5 Å². The Bertz CT molecular complexity index is 1450. The molecule has 14 heteroatoms. The summed E-state index contributed by atoms with van der Waals surface area (Å²) in [5.74, 6) is -4.34. The van der Waals surface area contributed by atoms with Crippen LogP contribution in [0.25, 0.3) is 14.0 Å². The Morgan fingerprint density at radius 2 is 2.00 bits per heavy atom. The van der Waals surface area contributed by atoms with Crippen molar-refractivity contribution in [2.75, 3.05) is 23.4 Å². The number of nitrogen functional groups attached to an aromatic ring is 2. The average Bonchev–Trinajstić information content (AvgIpc) is 2.99. The molecule has 0 bridgehead atoms. The summed E-state index contributed by atoms with van der Waals surface area (Å²) >= 11 is 0. The number of carboxylic acid groups (broad SMARTS) is 2. The van der Waals surface area contributed by atoms with Crippen molar-refractivity contribution in [3.63, 3.8) is 0 Å². The maximum atomic E-state index is 12.8. The number of nitrogens with zero attached hydrogens (tertiary/aromatic N) is 5. The molecular weight excluding hydrogens is 448 g/mol. The second kappa shape index (κ2) is 9.81. The summed E-state index contributed by atoms with van der Waals surface area (Å²) in [5, 5.41) is 12.5. The van der Waals surface area contributed by atoms with Gasteiger partial charge in [-0.2, -0.15) is 15.0 Å². The predicted octanol–water partition coefficient (Wildman–Crippen LogP) is -0.0260. The standard InChI is InChI=1S/C20H22N8O6/c1-28(8-12-18(32)26-16-14(23-12)15(21)25-20(22)27-16)10-4-2-9(3-5-10)17(31)24-11(19(33)34)6-7-13(29)30/h2-5,11H,6-8H2,1H3,(H,24,31)(H,29,30)(H,33,34)(H5,21,22,25,26,27,32)/t11-/m0/s1/i/hD8. The number of anilines is 3. The lowest BCUT2D eigenvalue weighted by Gasteiger charge is -2.20. The largest absolute Gasteiger partial charge is 0.492 e. The molecule has 0 radical (unpaired) electrons. The molecule has 2 heterocycles. The lowest BCUT2D eigenvalue weighted by atomic mass is 10.1. The maximum Gasteiger partial charge on any atom is 0.326 e. The fraction of sp³-hybridized carbons (Fsp3) is 0.250. The summed E-state index contributed by atoms with van der Waals surface area (Å²) in [6, 6.07) is 4.09. The summed E-state index contributed by atoms with van der Waals surface area (Å²) in [5.41, 5.74) is 0.398. The van der Waals surface area contributed by atoms with Crippen LogP contribution < -0.4 is 21.6 Å². The summed E-state index contributed by atoms with van der Waals surface area (Å²) in [6.45, 7) is -0.0429. The molecule has 0 aliphatic rings. The third-order valence-corrected chi connectivity index (χ3v) is 4.65. The molecule has 0 saturated heterocycles. The zero-order valence-corrected chi connectivity index (χ0v) is 17.5. The van der Waals surface area contributed by atoms with Gasteiger partial charge < -0.3 is 37.0 Å². The summed E-state index contributed by atoms with van der Waals surface area (Å²) in [4.78, 5) is 53.7. The molecule has 0 fully saturated rings. The van der Waals surface area contributed by atoms with Gasteiger partial charge in [0.2, 0.25) is 11.8 Å². The predicted molar refractivity (Wildman–Crippen MR) is 120 cm³/mol. The van der Waals surface area contributed by atoms with E-state index in [0.29, 0.717) is 5.69 Å². The van der Waals surface area contributed by atoms with Gasteiger partial charge in [-0.15, -0.1) is 0 Å². The first-order valence-corrected chi connectivity index (χ1v) is 9.66. The normalized spacial score (nSPS) is 14.4. The van der Waals surface area contributed by atoms with Crippen LogP contribution >= 0.6 is 0 Å². The summed E-state index contributed by atoms with van der Waals surface area (Å²) in [6.07, 6.45) is -0.879. The zero-order chi connectivity index (χ0) is 31.1. The van der Waals surface area contributed by atoms with Crippen molar-refractivity contribution in [1.29, 1.82) is 4.29 Å². The lowest BCUT2D eigenvalue weighted by Crippen LogP contribution is -2.41. The Balaban J connectivity index is 1.84. The van der Waals surface area contributed by atoms with Crippen LogP contribution in [0.15, 0.2) is 24.3 Å². The number of carbonyl (C=O) groups is 3. The van der Waals surface area contributed by atoms with Gasteiger partial charge in [-0.3, -0.25) is 9.59 Å². The van der Waals surface area contributed by atoms with E-state index in [1.54, 1.807) is 11.9 Å². The minimum Gasteiger partial charge on any atom is -0.492 e. The molecule has 0 spiro atoms. The maximum absolute atomic E-state index is 12.8. The highest BCUT2D eigenvalue weighted by Gasteiger charge is 2.22. The number of benzene rings is 1. The van der Waals surface area contributed by atoms with E-state index in [0.717, 1.165) is 0 Å². The van der Waals surface area contributed by atoms with Gasteiger partial charge in [0.05, 0.1) is 6.54 Å². The second-order valence-corrected chi connectivity index (χ2v) is 7.08. The molecule has 1 atom stereocenters. The molecule has 0 saturated carbocycles. The van der Waals surface area contributed by atoms with E-state index in [1.165, 1.54) is 24.3 Å². The van der Waals surface area contributed by atoms with Crippen LogP contribution in [0.4, 0.5) is 17.5 Å². The van der Waals surface area contributed by atoms with E-state index in [2.05, 4.69) is 35.3 Å². The third-order valence-electron chi connectivity index (χ3n) is 4.65. The first kappa shape index (κ1) is 15.2. The number of nitrogens with two attached hydrogens (primary N) is 2. The molecule has 34 heavy (non-hydrogen) atoms. The van der Waals surface area contributed by atoms with Gasteiger partial charge in [-0.25, -0.2) is 9.78 Å². The molecule has 1 amide bonds. The molecule has 8 N–H and O–H groups in total. The third kappa shape index (κ3) is 5.53. The number of aliphatic carboxylic acids is 2. The average molecular weight is 478 g/mol. The molecule has 0 aliphatic carbocycles. The van der Waals surface area contributed by atoms with Gasteiger partial charge in [0.25, 0.3) is 10.2 Å². The minimum atomic E-state index is -1.61. The lowest BCUT2D eigenvalue weighted by molar-refractivity contribution is -0.140. The first-order chi connectivity index (χ1) is 19.9. The number of aromatic nitrogens is 4. The number of amides is 1. The van der Waals surface area contributed by atoms with Crippen LogP contribution in [0.1, 0.15) is 28.9 Å². The Labute approximate surface area is 204 Å². The van der Waals surface area contributed by atoms with Gasteiger partial charge in [0.1, 0.15) is 11.7 Å². The molecule has 0 aliphatic heterocycles. The van der Waals surface area contributed by atoms with Gasteiger partial charge >= 0.3 is 11.9 Å². The quantitative estimate of drug-likeness (QED) is 0.201. The van der Waals surface area contributed by atoms with Crippen molar-refractivity contribution >= 4 is 46.5 Å². The number of hydrogen-bond acceptors (Lipinski definition) is 13. The molecule has 3 rings (SSSR count). The minimum absolute atomic E-state index is 0.0184. The number of fused-ring (bicyclic) bond motifs is 1. The van der Waals surface area contributed by atoms with Crippen LogP contribution in [-0.2, 0) is 16.1 Å². The van der Waals surface area contributed by atoms with Crippen LogP contribution in [-0.4, -0.2) is 67.6 Å². The highest BCUT2D eigenvalue weighted by Crippen LogP contribution is 2.23. The van der Waals surface area contributed by atoms with E-state index in [1.807, 2.05) is 0 Å². The summed E-state index contributed by atoms with van der Waals surface area (Å²) in [7, 11) is 1.62. The Kier molecular flexibility index (Phi) is 4.37. The van der Waals surface area contributed by atoms with Crippen LogP contribution in [0, 0.1) is 0 Å². The van der Waals surface area contributed by atoms with Gasteiger partial charge in [0.15, 0.2) is 24.0 Å². The molecule has 14 nitrogen and oxygen atoms in total. The topological polar surface area (TPSA) is 231 Å². The van der Waals surface area contributed by atoms with E-state index in [4.69, 9.17) is 11.4 Å². The van der Waals surface area contributed by atoms with E-state index >= 15 is 0 Å². The number of nitrogens with one attached hydrogen (secondary N) is 1. The Morgan fingerprint density at radius 3 is 2.68 bits per heavy atom. The second-order valence-electron chi connectivity index (χ2n) is 7.08. The number of carboxylic acids is 2. The first-order valence-electron chi connectivity index (χ1n) is 13.1. The van der Waals surface area contributed by atoms with Gasteiger partial charge in [-0.1, -0.05) is 0 Å². The van der Waals surface area contributed by atoms with Crippen molar-refractivity contribution in [2.24, 2.45) is 0 Å². The highest BCUT2D eigenvalue weighted by atomic mass is 16.4. The number of carbonyl (C=O) groups excluding carboxylic acids is 1. The van der Waals surface area contributed by atoms with Gasteiger partial charge in [-0.05, 0) is 30.7 Å². The van der Waals surface area contributed by atoms with Crippen molar-refractivity contribution in [2.45, 2.75) is 25.4 Å². The zero-order valence-electron chi connectivity index (χ0n) is 25.5. The molecule has 0 unspecified atom stereocenters. The smallest absolute Gasteiger partial charge is 0.326 e. The molecule has 178 valence electrons. The number of aromatic hydroxyl groups is 1. The van der Waals surface area contributed by atoms with E-state index in [9.17, 15) is 14.4 Å². The number of hydrogen-bond donors (Lipinski definition) is 6. The SMILES string of the molecule is [2H]OC(=O)CC[C@@H](C(=O)O[2H])N([2H])C(=O)c1ccc(N(C)Cc2nc3c(N([2H])[2H])nc(N([2H])[2H])nc3nc2O[2H])cc1. The monoisotopic (exact) mass is 478 g/mol. The van der Waals surface area contributed by atoms with Crippen molar-refractivity contribution in [3.8, 4) is 5.88 Å². The number of rotatable bonds is 12. The molecule has 3 aromatic rings. The van der Waals surface area contributed by atoms with Crippen LogP contribution in [0.3, 0.4) is 0 Å². The fourth-order valence-electron chi connectivity index (χ4n) is 2.92. The van der Waals surface area contributed by atoms with E-state index in [-0.39, 0.29) is 57.4 Å². The van der Waals surface area contributed by atoms with Gasteiger partial charge in [0, 0.05) is 24.7 Å². The molecule has 1 aromatic carbocycles. The van der Waals surface area contributed by atoms with Crippen molar-refractivity contribution in [1.82, 2.24) is 25.2 Å². The fourth-order valence-corrected chi connectivity index (χ4v) is 2.92. The molecular formula is C20H22N8O6. The van der Waals surface area contributed by atoms with Crippen LogP contribution in [0.2, 0.25) is 7.06 Å². The molecule has 2 aromatic heterocycles.